The van der Waals surface area contributed by atoms with Crippen molar-refractivity contribution in [3.8, 4) is 0 Å². The Morgan fingerprint density at radius 2 is 1.92 bits per heavy atom. The Hall–Kier alpha value is -0.890. The molecule has 2 heteroatoms. The maximum absolute atomic E-state index is 12.8. The molecule has 0 aromatic heterocycles. The first-order chi connectivity index (χ1) is 6.27. The van der Waals surface area contributed by atoms with Crippen LogP contribution in [0.25, 0.3) is 0 Å². The van der Waals surface area contributed by atoms with E-state index in [1.54, 1.807) is 0 Å². The van der Waals surface area contributed by atoms with E-state index in [2.05, 4.69) is 0 Å². The topological polar surface area (TPSA) is 26.0 Å². The average molecular weight is 179 g/mol. The van der Waals surface area contributed by atoms with Crippen LogP contribution in [0.2, 0.25) is 0 Å². The number of nitrogens with two attached hydrogens (primary N) is 1. The fourth-order valence-corrected chi connectivity index (χ4v) is 2.10. The third-order valence-electron chi connectivity index (χ3n) is 3.00. The maximum Gasteiger partial charge on any atom is 0.102 e. The first-order valence-corrected chi connectivity index (χ1v) is 4.66. The van der Waals surface area contributed by atoms with E-state index in [1.165, 1.54) is 5.56 Å². The van der Waals surface area contributed by atoms with Gasteiger partial charge in [0.1, 0.15) is 6.17 Å². The molecule has 1 aliphatic carbocycles. The molecule has 0 saturated heterocycles. The number of rotatable bonds is 2. The SMILES string of the molecule is NCC1(c2ccccc2)CC(F)C1. The van der Waals surface area contributed by atoms with Gasteiger partial charge in [-0.2, -0.15) is 0 Å². The summed E-state index contributed by atoms with van der Waals surface area (Å²) < 4.78 is 12.8. The molecule has 0 radical (unpaired) electrons. The van der Waals surface area contributed by atoms with Crippen LogP contribution < -0.4 is 5.73 Å². The molecule has 1 aromatic rings. The normalized spacial score (nSPS) is 32.6. The summed E-state index contributed by atoms with van der Waals surface area (Å²) in [6, 6.07) is 10.0. The largest absolute Gasteiger partial charge is 0.330 e. The molecule has 0 amide bonds. The lowest BCUT2D eigenvalue weighted by Gasteiger charge is -2.44. The van der Waals surface area contributed by atoms with Crippen molar-refractivity contribution >= 4 is 0 Å². The molecule has 0 aliphatic heterocycles. The smallest absolute Gasteiger partial charge is 0.102 e. The molecule has 1 fully saturated rings. The molecular weight excluding hydrogens is 165 g/mol. The lowest BCUT2D eigenvalue weighted by molar-refractivity contribution is 0.0997. The molecule has 2 N–H and O–H groups in total. The van der Waals surface area contributed by atoms with Crippen molar-refractivity contribution in [1.29, 1.82) is 0 Å². The summed E-state index contributed by atoms with van der Waals surface area (Å²) in [6.07, 6.45) is 0.532. The van der Waals surface area contributed by atoms with E-state index in [-0.39, 0.29) is 5.41 Å². The van der Waals surface area contributed by atoms with Crippen molar-refractivity contribution in [2.75, 3.05) is 6.54 Å². The van der Waals surface area contributed by atoms with E-state index in [9.17, 15) is 4.39 Å². The van der Waals surface area contributed by atoms with Crippen LogP contribution in [0.5, 0.6) is 0 Å². The molecule has 0 unspecified atom stereocenters. The van der Waals surface area contributed by atoms with E-state index in [4.69, 9.17) is 5.73 Å². The second-order valence-electron chi connectivity index (χ2n) is 3.86. The van der Waals surface area contributed by atoms with Gasteiger partial charge in [0.25, 0.3) is 0 Å². The Morgan fingerprint density at radius 3 is 2.38 bits per heavy atom. The van der Waals surface area contributed by atoms with Gasteiger partial charge in [-0.25, -0.2) is 4.39 Å². The number of benzene rings is 1. The van der Waals surface area contributed by atoms with Crippen molar-refractivity contribution in [2.24, 2.45) is 5.73 Å². The summed E-state index contributed by atoms with van der Waals surface area (Å²) in [5.74, 6) is 0. The zero-order valence-electron chi connectivity index (χ0n) is 7.54. The van der Waals surface area contributed by atoms with Gasteiger partial charge >= 0.3 is 0 Å². The summed E-state index contributed by atoms with van der Waals surface area (Å²) in [4.78, 5) is 0. The van der Waals surface area contributed by atoms with Crippen LogP contribution >= 0.6 is 0 Å². The number of halogens is 1. The summed E-state index contributed by atoms with van der Waals surface area (Å²) in [7, 11) is 0. The van der Waals surface area contributed by atoms with Crippen LogP contribution in [0.3, 0.4) is 0 Å². The predicted octanol–water partition coefficient (Wildman–Crippen LogP) is 2.02. The highest BCUT2D eigenvalue weighted by atomic mass is 19.1. The molecule has 1 nitrogen and oxygen atoms in total. The highest BCUT2D eigenvalue weighted by Crippen LogP contribution is 2.44. The third kappa shape index (κ3) is 1.35. The second-order valence-corrected chi connectivity index (χ2v) is 3.86. The summed E-state index contributed by atoms with van der Waals surface area (Å²) in [5, 5.41) is 0. The summed E-state index contributed by atoms with van der Waals surface area (Å²) >= 11 is 0. The lowest BCUT2D eigenvalue weighted by atomic mass is 9.63. The minimum Gasteiger partial charge on any atom is -0.330 e. The van der Waals surface area contributed by atoms with Gasteiger partial charge in [0.2, 0.25) is 0 Å². The molecule has 2 rings (SSSR count). The van der Waals surface area contributed by atoms with Crippen molar-refractivity contribution in [3.05, 3.63) is 35.9 Å². The fourth-order valence-electron chi connectivity index (χ4n) is 2.10. The van der Waals surface area contributed by atoms with Crippen molar-refractivity contribution < 1.29 is 4.39 Å². The van der Waals surface area contributed by atoms with Crippen LogP contribution in [-0.2, 0) is 5.41 Å². The van der Waals surface area contributed by atoms with Crippen LogP contribution in [0, 0.1) is 0 Å². The first kappa shape index (κ1) is 8.70. The maximum atomic E-state index is 12.8. The molecule has 1 saturated carbocycles. The predicted molar refractivity (Wildman–Crippen MR) is 51.3 cm³/mol. The molecule has 0 atom stereocenters. The van der Waals surface area contributed by atoms with Crippen molar-refractivity contribution in [2.45, 2.75) is 24.4 Å². The number of alkyl halides is 1. The van der Waals surface area contributed by atoms with Gasteiger partial charge in [-0.3, -0.25) is 0 Å². The molecule has 0 spiro atoms. The quantitative estimate of drug-likeness (QED) is 0.738. The van der Waals surface area contributed by atoms with Gasteiger partial charge in [0.05, 0.1) is 0 Å². The van der Waals surface area contributed by atoms with Gasteiger partial charge in [-0.1, -0.05) is 30.3 Å². The van der Waals surface area contributed by atoms with E-state index in [0.29, 0.717) is 19.4 Å². The van der Waals surface area contributed by atoms with E-state index in [1.807, 2.05) is 30.3 Å². The highest BCUT2D eigenvalue weighted by Gasteiger charge is 2.44. The molecule has 0 bridgehead atoms. The molecule has 70 valence electrons. The minimum absolute atomic E-state index is 0.0688. The molecule has 1 aliphatic rings. The summed E-state index contributed by atoms with van der Waals surface area (Å²) in [5.41, 5.74) is 6.81. The number of hydrogen-bond acceptors (Lipinski definition) is 1. The Morgan fingerprint density at radius 1 is 1.31 bits per heavy atom. The van der Waals surface area contributed by atoms with Gasteiger partial charge in [0.15, 0.2) is 0 Å². The fraction of sp³-hybridized carbons (Fsp3) is 0.455. The molecule has 13 heavy (non-hydrogen) atoms. The standard InChI is InChI=1S/C11H14FN/c12-10-6-11(7-10,8-13)9-4-2-1-3-5-9/h1-5,10H,6-8,13H2. The zero-order chi connectivity index (χ0) is 9.31. The van der Waals surface area contributed by atoms with Gasteiger partial charge < -0.3 is 5.73 Å². The van der Waals surface area contributed by atoms with Gasteiger partial charge in [0, 0.05) is 12.0 Å². The minimum atomic E-state index is -0.649. The van der Waals surface area contributed by atoms with Crippen molar-refractivity contribution in [1.82, 2.24) is 0 Å². The lowest BCUT2D eigenvalue weighted by Crippen LogP contribution is -2.48. The average Bonchev–Trinajstić information content (AvgIpc) is 2.14. The Bertz CT molecular complexity index is 277. The van der Waals surface area contributed by atoms with Crippen LogP contribution in [-0.4, -0.2) is 12.7 Å². The second kappa shape index (κ2) is 3.11. The zero-order valence-corrected chi connectivity index (χ0v) is 7.54. The Balaban J connectivity index is 2.24. The highest BCUT2D eigenvalue weighted by molar-refractivity contribution is 5.29. The van der Waals surface area contributed by atoms with Crippen LogP contribution in [0.15, 0.2) is 30.3 Å². The van der Waals surface area contributed by atoms with Gasteiger partial charge in [-0.15, -0.1) is 0 Å². The van der Waals surface area contributed by atoms with E-state index < -0.39 is 6.17 Å². The Labute approximate surface area is 77.8 Å². The third-order valence-corrected chi connectivity index (χ3v) is 3.00. The van der Waals surface area contributed by atoms with E-state index in [0.717, 1.165) is 0 Å². The van der Waals surface area contributed by atoms with E-state index >= 15 is 0 Å². The number of hydrogen-bond donors (Lipinski definition) is 1. The summed E-state index contributed by atoms with van der Waals surface area (Å²) in [6.45, 7) is 0.553. The van der Waals surface area contributed by atoms with Crippen LogP contribution in [0.4, 0.5) is 4.39 Å². The molecular formula is C11H14FN. The Kier molecular flexibility index (Phi) is 2.08. The molecule has 1 aromatic carbocycles. The monoisotopic (exact) mass is 179 g/mol. The molecule has 0 heterocycles. The van der Waals surface area contributed by atoms with Crippen molar-refractivity contribution in [3.63, 3.8) is 0 Å². The van der Waals surface area contributed by atoms with Gasteiger partial charge in [-0.05, 0) is 18.4 Å². The van der Waals surface area contributed by atoms with Crippen LogP contribution in [0.1, 0.15) is 18.4 Å². The first-order valence-electron chi connectivity index (χ1n) is 4.66.